The van der Waals surface area contributed by atoms with Crippen LogP contribution in [0.5, 0.6) is 0 Å². The second-order valence-corrected chi connectivity index (χ2v) is 5.94. The van der Waals surface area contributed by atoms with Gasteiger partial charge in [0.05, 0.1) is 6.10 Å². The van der Waals surface area contributed by atoms with Crippen LogP contribution in [0, 0.1) is 11.6 Å². The molecule has 2 nitrogen and oxygen atoms in total. The van der Waals surface area contributed by atoms with E-state index < -0.39 is 23.7 Å². The molecular formula is C15H13BrClF2NO. The molecule has 2 atom stereocenters. The summed E-state index contributed by atoms with van der Waals surface area (Å²) in [5.74, 6) is -2.13. The molecule has 0 aliphatic rings. The van der Waals surface area contributed by atoms with Crippen molar-refractivity contribution in [3.05, 3.63) is 68.7 Å². The summed E-state index contributed by atoms with van der Waals surface area (Å²) < 4.78 is 27.6. The van der Waals surface area contributed by atoms with Gasteiger partial charge in [-0.2, -0.15) is 0 Å². The highest BCUT2D eigenvalue weighted by atomic mass is 79.9. The Kier molecular flexibility index (Phi) is 5.32. The molecule has 21 heavy (non-hydrogen) atoms. The highest BCUT2D eigenvalue weighted by Gasteiger charge is 2.26. The number of rotatable bonds is 4. The summed E-state index contributed by atoms with van der Waals surface area (Å²) in [6, 6.07) is 8.19. The minimum atomic E-state index is -1.09. The van der Waals surface area contributed by atoms with Gasteiger partial charge in [0.25, 0.3) is 0 Å². The van der Waals surface area contributed by atoms with E-state index in [2.05, 4.69) is 15.9 Å². The van der Waals surface area contributed by atoms with E-state index in [1.165, 1.54) is 6.07 Å². The summed E-state index contributed by atoms with van der Waals surface area (Å²) in [4.78, 5) is 0. The summed E-state index contributed by atoms with van der Waals surface area (Å²) in [5, 5.41) is 10.8. The van der Waals surface area contributed by atoms with Crippen LogP contribution < -0.4 is 5.73 Å². The van der Waals surface area contributed by atoms with E-state index in [-0.39, 0.29) is 12.1 Å². The maximum Gasteiger partial charge on any atom is 0.129 e. The number of nitrogens with two attached hydrogens (primary N) is 1. The fraction of sp³-hybridized carbons (Fsp3) is 0.200. The molecule has 2 rings (SSSR count). The molecule has 0 bridgehead atoms. The summed E-state index contributed by atoms with van der Waals surface area (Å²) in [6.07, 6.45) is -1.09. The Morgan fingerprint density at radius 2 is 1.81 bits per heavy atom. The Balaban J connectivity index is 2.40. The van der Waals surface area contributed by atoms with Crippen LogP contribution in [0.15, 0.2) is 40.9 Å². The third-order valence-corrected chi connectivity index (χ3v) is 4.10. The van der Waals surface area contributed by atoms with E-state index in [9.17, 15) is 13.9 Å². The second-order valence-electron chi connectivity index (χ2n) is 4.62. The molecule has 0 saturated carbocycles. The molecule has 0 fully saturated rings. The molecule has 0 radical (unpaired) electrons. The van der Waals surface area contributed by atoms with Gasteiger partial charge in [0.1, 0.15) is 11.6 Å². The summed E-state index contributed by atoms with van der Waals surface area (Å²) in [7, 11) is 0. The topological polar surface area (TPSA) is 46.2 Å². The molecule has 6 heteroatoms. The predicted molar refractivity (Wildman–Crippen MR) is 82.3 cm³/mol. The van der Waals surface area contributed by atoms with Crippen molar-refractivity contribution in [1.29, 1.82) is 0 Å². The number of hydrogen-bond donors (Lipinski definition) is 2. The van der Waals surface area contributed by atoms with Gasteiger partial charge in [-0.05, 0) is 29.3 Å². The quantitative estimate of drug-likeness (QED) is 0.842. The van der Waals surface area contributed by atoms with E-state index in [0.29, 0.717) is 10.6 Å². The van der Waals surface area contributed by atoms with Crippen molar-refractivity contribution in [2.45, 2.75) is 12.0 Å². The standard InChI is InChI=1S/C15H13BrClF2NO/c16-8-1-3-11(13(17)5-8)15(21)12(7-20)10-4-2-9(18)6-14(10)19/h1-6,12,15,21H,7,20H2. The van der Waals surface area contributed by atoms with Gasteiger partial charge in [-0.1, -0.05) is 39.7 Å². The van der Waals surface area contributed by atoms with Crippen molar-refractivity contribution in [2.24, 2.45) is 5.73 Å². The van der Waals surface area contributed by atoms with E-state index in [1.807, 2.05) is 0 Å². The molecule has 0 aliphatic carbocycles. The number of aliphatic hydroxyl groups is 1. The van der Waals surface area contributed by atoms with Crippen LogP contribution >= 0.6 is 27.5 Å². The van der Waals surface area contributed by atoms with E-state index in [4.69, 9.17) is 17.3 Å². The van der Waals surface area contributed by atoms with Crippen LogP contribution in [0.25, 0.3) is 0 Å². The fourth-order valence-electron chi connectivity index (χ4n) is 2.19. The van der Waals surface area contributed by atoms with Crippen molar-refractivity contribution in [3.63, 3.8) is 0 Å². The third kappa shape index (κ3) is 3.61. The van der Waals surface area contributed by atoms with Gasteiger partial charge in [-0.3, -0.25) is 0 Å². The molecular weight excluding hydrogens is 364 g/mol. The lowest BCUT2D eigenvalue weighted by atomic mass is 9.89. The van der Waals surface area contributed by atoms with E-state index in [0.717, 1.165) is 16.6 Å². The molecule has 3 N–H and O–H groups in total. The van der Waals surface area contributed by atoms with Crippen molar-refractivity contribution in [2.75, 3.05) is 6.54 Å². The monoisotopic (exact) mass is 375 g/mol. The first-order chi connectivity index (χ1) is 9.93. The molecule has 0 aliphatic heterocycles. The maximum absolute atomic E-state index is 13.9. The summed E-state index contributed by atoms with van der Waals surface area (Å²) >= 11 is 9.36. The lowest BCUT2D eigenvalue weighted by Crippen LogP contribution is -2.21. The van der Waals surface area contributed by atoms with E-state index in [1.54, 1.807) is 18.2 Å². The summed E-state index contributed by atoms with van der Waals surface area (Å²) in [6.45, 7) is -0.00386. The first kappa shape index (κ1) is 16.4. The largest absolute Gasteiger partial charge is 0.388 e. The van der Waals surface area contributed by atoms with Gasteiger partial charge < -0.3 is 10.8 Å². The molecule has 0 aromatic heterocycles. The lowest BCUT2D eigenvalue weighted by Gasteiger charge is -2.23. The number of halogens is 4. The molecule has 0 heterocycles. The van der Waals surface area contributed by atoms with Crippen LogP contribution in [0.4, 0.5) is 8.78 Å². The Morgan fingerprint density at radius 1 is 1.14 bits per heavy atom. The average molecular weight is 377 g/mol. The zero-order chi connectivity index (χ0) is 15.6. The third-order valence-electron chi connectivity index (χ3n) is 3.28. The SMILES string of the molecule is NCC(c1ccc(F)cc1F)C(O)c1ccc(Br)cc1Cl. The normalized spacial score (nSPS) is 14.0. The van der Waals surface area contributed by atoms with Gasteiger partial charge in [-0.15, -0.1) is 0 Å². The lowest BCUT2D eigenvalue weighted by molar-refractivity contribution is 0.145. The molecule has 2 aromatic carbocycles. The molecule has 112 valence electrons. The highest BCUT2D eigenvalue weighted by Crippen LogP contribution is 2.36. The van der Waals surface area contributed by atoms with Crippen LogP contribution in [0.1, 0.15) is 23.1 Å². The van der Waals surface area contributed by atoms with Crippen LogP contribution in [-0.2, 0) is 0 Å². The van der Waals surface area contributed by atoms with Gasteiger partial charge in [0, 0.05) is 28.0 Å². The Hall–Kier alpha value is -1.01. The molecule has 0 saturated heterocycles. The maximum atomic E-state index is 13.9. The van der Waals surface area contributed by atoms with Crippen molar-refractivity contribution in [3.8, 4) is 0 Å². The van der Waals surface area contributed by atoms with Gasteiger partial charge in [-0.25, -0.2) is 8.78 Å². The summed E-state index contributed by atoms with van der Waals surface area (Å²) in [5.41, 5.74) is 6.26. The molecule has 2 aromatic rings. The van der Waals surface area contributed by atoms with E-state index >= 15 is 0 Å². The van der Waals surface area contributed by atoms with Crippen molar-refractivity contribution in [1.82, 2.24) is 0 Å². The van der Waals surface area contributed by atoms with Crippen molar-refractivity contribution >= 4 is 27.5 Å². The Morgan fingerprint density at radius 3 is 2.38 bits per heavy atom. The van der Waals surface area contributed by atoms with Crippen LogP contribution in [0.2, 0.25) is 5.02 Å². The first-order valence-electron chi connectivity index (χ1n) is 6.22. The molecule has 2 unspecified atom stereocenters. The minimum Gasteiger partial charge on any atom is -0.388 e. The minimum absolute atomic E-state index is 0.00386. The fourth-order valence-corrected chi connectivity index (χ4v) is 2.97. The predicted octanol–water partition coefficient (Wildman–Crippen LogP) is 4.16. The number of benzene rings is 2. The average Bonchev–Trinajstić information content (AvgIpc) is 2.41. The second kappa shape index (κ2) is 6.83. The van der Waals surface area contributed by atoms with Gasteiger partial charge in [0.15, 0.2) is 0 Å². The number of hydrogen-bond acceptors (Lipinski definition) is 2. The number of aliphatic hydroxyl groups excluding tert-OH is 1. The van der Waals surface area contributed by atoms with Crippen LogP contribution in [-0.4, -0.2) is 11.7 Å². The van der Waals surface area contributed by atoms with Crippen molar-refractivity contribution < 1.29 is 13.9 Å². The Labute approximate surface area is 134 Å². The molecule has 0 spiro atoms. The zero-order valence-corrected chi connectivity index (χ0v) is 13.2. The highest BCUT2D eigenvalue weighted by molar-refractivity contribution is 9.10. The molecule has 0 amide bonds. The first-order valence-corrected chi connectivity index (χ1v) is 7.39. The van der Waals surface area contributed by atoms with Crippen LogP contribution in [0.3, 0.4) is 0 Å². The van der Waals surface area contributed by atoms with Gasteiger partial charge >= 0.3 is 0 Å². The smallest absolute Gasteiger partial charge is 0.129 e. The Bertz CT molecular complexity index is 654. The zero-order valence-electron chi connectivity index (χ0n) is 10.9. The van der Waals surface area contributed by atoms with Gasteiger partial charge in [0.2, 0.25) is 0 Å².